The van der Waals surface area contributed by atoms with Crippen LogP contribution in [0, 0.1) is 5.92 Å². The highest BCUT2D eigenvalue weighted by Crippen LogP contribution is 2.16. The minimum absolute atomic E-state index is 0.185. The molecule has 5 nitrogen and oxygen atoms in total. The van der Waals surface area contributed by atoms with Crippen molar-refractivity contribution in [2.45, 2.75) is 26.3 Å². The standard InChI is InChI=1S/C9H16N2O3/c1-9(2,3)10-8(14)11-4-6(5-11)7(12)13/h6H,4-5H2,1-3H3,(H,10,14)(H,12,13). The summed E-state index contributed by atoms with van der Waals surface area (Å²) in [5.74, 6) is -1.22. The van der Waals surface area contributed by atoms with Gasteiger partial charge in [0.15, 0.2) is 0 Å². The molecule has 14 heavy (non-hydrogen) atoms. The fraction of sp³-hybridized carbons (Fsp3) is 0.778. The molecule has 0 aliphatic carbocycles. The van der Waals surface area contributed by atoms with Crippen LogP contribution < -0.4 is 5.32 Å². The largest absolute Gasteiger partial charge is 0.481 e. The van der Waals surface area contributed by atoms with Gasteiger partial charge in [0.1, 0.15) is 0 Å². The lowest BCUT2D eigenvalue weighted by Crippen LogP contribution is -2.58. The average Bonchev–Trinajstić information content (AvgIpc) is 1.75. The molecule has 1 aliphatic heterocycles. The molecule has 1 saturated heterocycles. The molecular formula is C9H16N2O3. The third-order valence-electron chi connectivity index (χ3n) is 2.00. The highest BCUT2D eigenvalue weighted by atomic mass is 16.4. The Morgan fingerprint density at radius 3 is 2.21 bits per heavy atom. The maximum absolute atomic E-state index is 11.4. The van der Waals surface area contributed by atoms with E-state index in [0.29, 0.717) is 13.1 Å². The van der Waals surface area contributed by atoms with Crippen molar-refractivity contribution < 1.29 is 14.7 Å². The molecule has 5 heteroatoms. The van der Waals surface area contributed by atoms with Gasteiger partial charge in [-0.2, -0.15) is 0 Å². The number of nitrogens with one attached hydrogen (secondary N) is 1. The SMILES string of the molecule is CC(C)(C)NC(=O)N1CC(C(=O)O)C1. The van der Waals surface area contributed by atoms with Gasteiger partial charge in [0, 0.05) is 18.6 Å². The average molecular weight is 200 g/mol. The molecular weight excluding hydrogens is 184 g/mol. The van der Waals surface area contributed by atoms with E-state index >= 15 is 0 Å². The topological polar surface area (TPSA) is 69.6 Å². The van der Waals surface area contributed by atoms with Crippen LogP contribution in [0.5, 0.6) is 0 Å². The summed E-state index contributed by atoms with van der Waals surface area (Å²) in [6.45, 7) is 6.30. The van der Waals surface area contributed by atoms with E-state index in [2.05, 4.69) is 5.32 Å². The molecule has 0 saturated carbocycles. The number of nitrogens with zero attached hydrogens (tertiary/aromatic N) is 1. The summed E-state index contributed by atoms with van der Waals surface area (Å²) in [6, 6.07) is -0.185. The van der Waals surface area contributed by atoms with E-state index < -0.39 is 5.97 Å². The summed E-state index contributed by atoms with van der Waals surface area (Å²) >= 11 is 0. The van der Waals surface area contributed by atoms with Crippen molar-refractivity contribution in [1.82, 2.24) is 10.2 Å². The van der Waals surface area contributed by atoms with Crippen molar-refractivity contribution in [3.05, 3.63) is 0 Å². The molecule has 1 fully saturated rings. The molecule has 80 valence electrons. The fourth-order valence-corrected chi connectivity index (χ4v) is 1.20. The Labute approximate surface area is 83.1 Å². The molecule has 0 aromatic rings. The van der Waals surface area contributed by atoms with Crippen molar-refractivity contribution in [3.63, 3.8) is 0 Å². The van der Waals surface area contributed by atoms with E-state index in [1.54, 1.807) is 0 Å². The van der Waals surface area contributed by atoms with E-state index in [1.807, 2.05) is 20.8 Å². The second-order valence-electron chi connectivity index (χ2n) is 4.62. The Morgan fingerprint density at radius 1 is 1.36 bits per heavy atom. The number of hydrogen-bond acceptors (Lipinski definition) is 2. The zero-order valence-corrected chi connectivity index (χ0v) is 8.70. The number of urea groups is 1. The number of aliphatic carboxylic acids is 1. The highest BCUT2D eigenvalue weighted by Gasteiger charge is 2.36. The summed E-state index contributed by atoms with van der Waals surface area (Å²) in [5.41, 5.74) is -0.272. The van der Waals surface area contributed by atoms with Gasteiger partial charge in [0.2, 0.25) is 0 Å². The van der Waals surface area contributed by atoms with Crippen molar-refractivity contribution >= 4 is 12.0 Å². The summed E-state index contributed by atoms with van der Waals surface area (Å²) in [6.07, 6.45) is 0. The highest BCUT2D eigenvalue weighted by molar-refractivity contribution is 5.80. The van der Waals surface area contributed by atoms with Crippen LogP contribution in [0.4, 0.5) is 4.79 Å². The van der Waals surface area contributed by atoms with E-state index in [1.165, 1.54) is 4.90 Å². The maximum Gasteiger partial charge on any atom is 0.317 e. The van der Waals surface area contributed by atoms with Gasteiger partial charge in [-0.1, -0.05) is 0 Å². The van der Waals surface area contributed by atoms with Gasteiger partial charge >= 0.3 is 12.0 Å². The second-order valence-corrected chi connectivity index (χ2v) is 4.62. The number of carboxylic acid groups (broad SMARTS) is 1. The van der Waals surface area contributed by atoms with Gasteiger partial charge in [-0.3, -0.25) is 4.79 Å². The Hall–Kier alpha value is -1.26. The quantitative estimate of drug-likeness (QED) is 0.648. The second kappa shape index (κ2) is 3.48. The number of rotatable bonds is 1. The number of carbonyl (C=O) groups is 2. The van der Waals surface area contributed by atoms with Crippen molar-refractivity contribution in [1.29, 1.82) is 0 Å². The monoisotopic (exact) mass is 200 g/mol. The summed E-state index contributed by atoms with van der Waals surface area (Å²) in [4.78, 5) is 23.4. The first-order valence-electron chi connectivity index (χ1n) is 4.59. The Bertz CT molecular complexity index is 251. The van der Waals surface area contributed by atoms with Gasteiger partial charge in [-0.15, -0.1) is 0 Å². The van der Waals surface area contributed by atoms with Crippen LogP contribution in [-0.4, -0.2) is 40.6 Å². The Balaban J connectivity index is 2.34. The number of carbonyl (C=O) groups excluding carboxylic acids is 1. The number of likely N-dealkylation sites (tertiary alicyclic amines) is 1. The Morgan fingerprint density at radius 2 is 1.86 bits per heavy atom. The minimum atomic E-state index is -0.829. The van der Waals surface area contributed by atoms with Gasteiger partial charge in [0.05, 0.1) is 5.92 Å². The summed E-state index contributed by atoms with van der Waals surface area (Å²) in [7, 11) is 0. The van der Waals surface area contributed by atoms with Gasteiger partial charge in [0.25, 0.3) is 0 Å². The predicted octanol–water partition coefficient (Wildman–Crippen LogP) is 0.511. The first-order chi connectivity index (χ1) is 6.29. The van der Waals surface area contributed by atoms with Gasteiger partial charge < -0.3 is 15.3 Å². The minimum Gasteiger partial charge on any atom is -0.481 e. The van der Waals surface area contributed by atoms with Crippen molar-refractivity contribution in [3.8, 4) is 0 Å². The van der Waals surface area contributed by atoms with Crippen LogP contribution in [0.25, 0.3) is 0 Å². The molecule has 0 aromatic heterocycles. The van der Waals surface area contributed by atoms with E-state index in [9.17, 15) is 9.59 Å². The lowest BCUT2D eigenvalue weighted by atomic mass is 10.0. The first-order valence-corrected chi connectivity index (χ1v) is 4.59. The van der Waals surface area contributed by atoms with Crippen LogP contribution in [-0.2, 0) is 4.79 Å². The number of amides is 2. The molecule has 0 radical (unpaired) electrons. The summed E-state index contributed by atoms with van der Waals surface area (Å²) in [5, 5.41) is 11.4. The fourth-order valence-electron chi connectivity index (χ4n) is 1.20. The molecule has 2 amide bonds. The Kier molecular flexibility index (Phi) is 2.69. The van der Waals surface area contributed by atoms with Crippen LogP contribution >= 0.6 is 0 Å². The normalized spacial score (nSPS) is 17.5. The zero-order chi connectivity index (χ0) is 10.9. The predicted molar refractivity (Wildman–Crippen MR) is 51.0 cm³/mol. The number of carboxylic acids is 1. The molecule has 0 unspecified atom stereocenters. The van der Waals surface area contributed by atoms with Gasteiger partial charge in [-0.25, -0.2) is 4.79 Å². The molecule has 0 aromatic carbocycles. The van der Waals surface area contributed by atoms with Crippen LogP contribution in [0.2, 0.25) is 0 Å². The lowest BCUT2D eigenvalue weighted by molar-refractivity contribution is -0.146. The van der Waals surface area contributed by atoms with Gasteiger partial charge in [-0.05, 0) is 20.8 Å². The molecule has 1 heterocycles. The zero-order valence-electron chi connectivity index (χ0n) is 8.70. The third kappa shape index (κ3) is 2.61. The van der Waals surface area contributed by atoms with Crippen molar-refractivity contribution in [2.24, 2.45) is 5.92 Å². The third-order valence-corrected chi connectivity index (χ3v) is 2.00. The van der Waals surface area contributed by atoms with E-state index in [4.69, 9.17) is 5.11 Å². The van der Waals surface area contributed by atoms with Crippen molar-refractivity contribution in [2.75, 3.05) is 13.1 Å². The van der Waals surface area contributed by atoms with Crippen LogP contribution in [0.1, 0.15) is 20.8 Å². The summed E-state index contributed by atoms with van der Waals surface area (Å²) < 4.78 is 0. The smallest absolute Gasteiger partial charge is 0.317 e. The molecule has 0 spiro atoms. The maximum atomic E-state index is 11.4. The first kappa shape index (κ1) is 10.8. The lowest BCUT2D eigenvalue weighted by Gasteiger charge is -2.38. The molecule has 0 atom stereocenters. The molecule has 0 bridgehead atoms. The molecule has 1 rings (SSSR count). The van der Waals surface area contributed by atoms with Crippen LogP contribution in [0.3, 0.4) is 0 Å². The van der Waals surface area contributed by atoms with E-state index in [-0.39, 0.29) is 17.5 Å². The number of hydrogen-bond donors (Lipinski definition) is 2. The van der Waals surface area contributed by atoms with Crippen LogP contribution in [0.15, 0.2) is 0 Å². The van der Waals surface area contributed by atoms with E-state index in [0.717, 1.165) is 0 Å². The molecule has 1 aliphatic rings. The molecule has 2 N–H and O–H groups in total.